The molecule has 0 spiro atoms. The third-order valence-corrected chi connectivity index (χ3v) is 4.00. The topological polar surface area (TPSA) is 42.7 Å². The van der Waals surface area contributed by atoms with Crippen LogP contribution < -0.4 is 5.32 Å². The van der Waals surface area contributed by atoms with Gasteiger partial charge in [-0.25, -0.2) is 4.98 Å². The molecule has 0 unspecified atom stereocenters. The van der Waals surface area contributed by atoms with E-state index >= 15 is 0 Å². The van der Waals surface area contributed by atoms with Crippen LogP contribution in [0.15, 0.2) is 24.5 Å². The summed E-state index contributed by atoms with van der Waals surface area (Å²) in [6, 6.07) is 4.62. The molecule has 0 atom stereocenters. The lowest BCUT2D eigenvalue weighted by molar-refractivity contribution is 0.460. The molecule has 3 rings (SSSR count). The normalized spacial score (nSPS) is 16.3. The number of aryl methyl sites for hydroxylation is 2. The van der Waals surface area contributed by atoms with Gasteiger partial charge in [0.2, 0.25) is 5.95 Å². The first-order valence-electron chi connectivity index (χ1n) is 7.48. The average Bonchev–Trinajstić information content (AvgIpc) is 2.81. The van der Waals surface area contributed by atoms with Gasteiger partial charge in [0, 0.05) is 18.4 Å². The van der Waals surface area contributed by atoms with Gasteiger partial charge >= 0.3 is 0 Å². The summed E-state index contributed by atoms with van der Waals surface area (Å²) in [6.07, 6.45) is 10.4. The summed E-state index contributed by atoms with van der Waals surface area (Å²) in [5.74, 6) is 0.950. The Morgan fingerprint density at radius 3 is 2.75 bits per heavy atom. The van der Waals surface area contributed by atoms with Gasteiger partial charge in [0.15, 0.2) is 0 Å². The molecule has 1 fully saturated rings. The molecule has 1 N–H and O–H groups in total. The maximum absolute atomic E-state index is 4.65. The van der Waals surface area contributed by atoms with Crippen molar-refractivity contribution in [1.29, 1.82) is 0 Å². The summed E-state index contributed by atoms with van der Waals surface area (Å²) in [4.78, 5) is 9.02. The van der Waals surface area contributed by atoms with E-state index < -0.39 is 0 Å². The van der Waals surface area contributed by atoms with Crippen LogP contribution in [0.1, 0.15) is 43.5 Å². The minimum Gasteiger partial charge on any atom is -0.353 e. The molecule has 2 aromatic heterocycles. The van der Waals surface area contributed by atoms with E-state index in [2.05, 4.69) is 32.1 Å². The van der Waals surface area contributed by atoms with Gasteiger partial charge in [-0.3, -0.25) is 9.55 Å². The van der Waals surface area contributed by atoms with Crippen LogP contribution >= 0.6 is 0 Å². The Balaban J connectivity index is 1.90. The smallest absolute Gasteiger partial charge is 0.208 e. The number of imidazole rings is 1. The molecule has 1 saturated carbocycles. The summed E-state index contributed by atoms with van der Waals surface area (Å²) in [7, 11) is 0. The minimum atomic E-state index is 0.557. The molecule has 4 heteroatoms. The highest BCUT2D eigenvalue weighted by molar-refractivity contribution is 5.45. The first kappa shape index (κ1) is 13.2. The van der Waals surface area contributed by atoms with Crippen LogP contribution in [0.5, 0.6) is 0 Å². The quantitative estimate of drug-likeness (QED) is 0.926. The molecule has 20 heavy (non-hydrogen) atoms. The van der Waals surface area contributed by atoms with Gasteiger partial charge in [0.05, 0.1) is 17.1 Å². The Hall–Kier alpha value is -1.84. The zero-order chi connectivity index (χ0) is 13.9. The Morgan fingerprint density at radius 2 is 2.00 bits per heavy atom. The standard InChI is InChI=1S/C16H22N4/c1-12-11-20(15-9-6-10-17-13(15)2)16(18-12)19-14-7-4-3-5-8-14/h6,9-11,14H,3-5,7-8H2,1-2H3,(H,18,19). The van der Waals surface area contributed by atoms with E-state index in [1.165, 1.54) is 32.1 Å². The lowest BCUT2D eigenvalue weighted by atomic mass is 9.96. The SMILES string of the molecule is Cc1cn(-c2cccnc2C)c(NC2CCCCC2)n1. The number of nitrogens with zero attached hydrogens (tertiary/aromatic N) is 3. The molecule has 0 bridgehead atoms. The molecule has 0 saturated heterocycles. The fraction of sp³-hybridized carbons (Fsp3) is 0.500. The van der Waals surface area contributed by atoms with Crippen LogP contribution in [0.3, 0.4) is 0 Å². The molecule has 0 radical (unpaired) electrons. The van der Waals surface area contributed by atoms with Crippen molar-refractivity contribution in [2.45, 2.75) is 52.0 Å². The summed E-state index contributed by atoms with van der Waals surface area (Å²) in [6.45, 7) is 4.07. The molecule has 0 aromatic carbocycles. The molecule has 2 aromatic rings. The van der Waals surface area contributed by atoms with Crippen molar-refractivity contribution in [2.75, 3.05) is 5.32 Å². The number of pyridine rings is 1. The third-order valence-electron chi connectivity index (χ3n) is 4.00. The predicted molar refractivity (Wildman–Crippen MR) is 81.3 cm³/mol. The molecule has 2 heterocycles. The van der Waals surface area contributed by atoms with Crippen molar-refractivity contribution in [2.24, 2.45) is 0 Å². The third kappa shape index (κ3) is 2.69. The number of aromatic nitrogens is 3. The van der Waals surface area contributed by atoms with Crippen LogP contribution in [0.25, 0.3) is 5.69 Å². The molecule has 0 aliphatic heterocycles. The van der Waals surface area contributed by atoms with Crippen molar-refractivity contribution in [3.8, 4) is 5.69 Å². The van der Waals surface area contributed by atoms with Crippen molar-refractivity contribution in [3.05, 3.63) is 35.9 Å². The molecular formula is C16H22N4. The summed E-state index contributed by atoms with van der Waals surface area (Å²) < 4.78 is 2.13. The van der Waals surface area contributed by atoms with Crippen molar-refractivity contribution in [3.63, 3.8) is 0 Å². The van der Waals surface area contributed by atoms with Gasteiger partial charge < -0.3 is 5.32 Å². The van der Waals surface area contributed by atoms with Gasteiger partial charge in [-0.1, -0.05) is 19.3 Å². The Kier molecular flexibility index (Phi) is 3.72. The Bertz CT molecular complexity index is 582. The largest absolute Gasteiger partial charge is 0.353 e. The maximum atomic E-state index is 4.65. The minimum absolute atomic E-state index is 0.557. The molecule has 1 aliphatic carbocycles. The van der Waals surface area contributed by atoms with Crippen molar-refractivity contribution in [1.82, 2.24) is 14.5 Å². The zero-order valence-electron chi connectivity index (χ0n) is 12.3. The van der Waals surface area contributed by atoms with Gasteiger partial charge in [0.1, 0.15) is 0 Å². The number of nitrogens with one attached hydrogen (secondary N) is 1. The van der Waals surface area contributed by atoms with E-state index in [1.807, 2.05) is 26.1 Å². The van der Waals surface area contributed by atoms with Gasteiger partial charge in [-0.15, -0.1) is 0 Å². The van der Waals surface area contributed by atoms with Crippen LogP contribution in [-0.4, -0.2) is 20.6 Å². The number of hydrogen-bond donors (Lipinski definition) is 1. The average molecular weight is 270 g/mol. The lowest BCUT2D eigenvalue weighted by Crippen LogP contribution is -2.24. The molecule has 0 amide bonds. The number of hydrogen-bond acceptors (Lipinski definition) is 3. The Morgan fingerprint density at radius 1 is 1.20 bits per heavy atom. The molecule has 106 valence electrons. The lowest BCUT2D eigenvalue weighted by Gasteiger charge is -2.23. The number of rotatable bonds is 3. The maximum Gasteiger partial charge on any atom is 0.208 e. The first-order chi connectivity index (χ1) is 9.74. The van der Waals surface area contributed by atoms with E-state index in [0.29, 0.717) is 6.04 Å². The molecular weight excluding hydrogens is 248 g/mol. The second-order valence-electron chi connectivity index (χ2n) is 5.66. The zero-order valence-corrected chi connectivity index (χ0v) is 12.3. The Labute approximate surface area is 120 Å². The van der Waals surface area contributed by atoms with Gasteiger partial charge in [0.25, 0.3) is 0 Å². The van der Waals surface area contributed by atoms with Crippen LogP contribution in [0.4, 0.5) is 5.95 Å². The van der Waals surface area contributed by atoms with E-state index in [9.17, 15) is 0 Å². The monoisotopic (exact) mass is 270 g/mol. The van der Waals surface area contributed by atoms with Crippen LogP contribution in [0, 0.1) is 13.8 Å². The molecule has 1 aliphatic rings. The predicted octanol–water partition coefficient (Wildman–Crippen LogP) is 3.63. The summed E-state index contributed by atoms with van der Waals surface area (Å²) >= 11 is 0. The highest BCUT2D eigenvalue weighted by Gasteiger charge is 2.17. The highest BCUT2D eigenvalue weighted by atomic mass is 15.2. The second-order valence-corrected chi connectivity index (χ2v) is 5.66. The van der Waals surface area contributed by atoms with E-state index in [-0.39, 0.29) is 0 Å². The van der Waals surface area contributed by atoms with Crippen LogP contribution in [0.2, 0.25) is 0 Å². The van der Waals surface area contributed by atoms with E-state index in [1.54, 1.807) is 0 Å². The van der Waals surface area contributed by atoms with E-state index in [0.717, 1.165) is 23.0 Å². The number of anilines is 1. The van der Waals surface area contributed by atoms with Crippen LogP contribution in [-0.2, 0) is 0 Å². The second kappa shape index (κ2) is 5.65. The van der Waals surface area contributed by atoms with E-state index in [4.69, 9.17) is 0 Å². The highest BCUT2D eigenvalue weighted by Crippen LogP contribution is 2.24. The summed E-state index contributed by atoms with van der Waals surface area (Å²) in [5, 5.41) is 3.62. The fourth-order valence-corrected chi connectivity index (χ4v) is 2.94. The molecule has 4 nitrogen and oxygen atoms in total. The van der Waals surface area contributed by atoms with Crippen molar-refractivity contribution >= 4 is 5.95 Å². The van der Waals surface area contributed by atoms with Gasteiger partial charge in [-0.2, -0.15) is 0 Å². The summed E-state index contributed by atoms with van der Waals surface area (Å²) in [5.41, 5.74) is 3.16. The fourth-order valence-electron chi connectivity index (χ4n) is 2.94. The van der Waals surface area contributed by atoms with Gasteiger partial charge in [-0.05, 0) is 38.8 Å². The first-order valence-corrected chi connectivity index (χ1v) is 7.48. The van der Waals surface area contributed by atoms with Crippen molar-refractivity contribution < 1.29 is 0 Å².